The summed E-state index contributed by atoms with van der Waals surface area (Å²) in [4.78, 5) is 17.7. The van der Waals surface area contributed by atoms with Gasteiger partial charge in [0.1, 0.15) is 23.9 Å². The Morgan fingerprint density at radius 2 is 1.76 bits per heavy atom. The SMILES string of the molecule is COc1ccccc1NC(=O)C1=C(C)Nc2ncnn2[C@H]1c1ccccc1OC. The maximum absolute atomic E-state index is 13.4. The van der Waals surface area contributed by atoms with E-state index in [9.17, 15) is 4.79 Å². The first-order valence-electron chi connectivity index (χ1n) is 9.08. The number of allylic oxidation sites excluding steroid dienone is 1. The summed E-state index contributed by atoms with van der Waals surface area (Å²) in [7, 11) is 3.17. The number of rotatable bonds is 5. The third kappa shape index (κ3) is 3.29. The molecular weight excluding hydrogens is 370 g/mol. The standard InChI is InChI=1S/C21H21N5O3/c1-13-18(20(27)25-15-9-5-7-11-17(15)29-3)19(26-21(24-13)22-12-23-26)14-8-4-6-10-16(14)28-2/h4-12,19H,1-3H3,(H,25,27)(H,22,23,24)/t19-/m0/s1. The van der Waals surface area contributed by atoms with Crippen molar-refractivity contribution < 1.29 is 14.3 Å². The Hall–Kier alpha value is -3.81. The fourth-order valence-electron chi connectivity index (χ4n) is 3.50. The van der Waals surface area contributed by atoms with Crippen molar-refractivity contribution in [2.75, 3.05) is 24.9 Å². The summed E-state index contributed by atoms with van der Waals surface area (Å²) < 4.78 is 12.6. The van der Waals surface area contributed by atoms with E-state index in [-0.39, 0.29) is 5.91 Å². The summed E-state index contributed by atoms with van der Waals surface area (Å²) in [6.07, 6.45) is 1.46. The number of nitrogens with zero attached hydrogens (tertiary/aromatic N) is 3. The van der Waals surface area contributed by atoms with Gasteiger partial charge in [0.15, 0.2) is 0 Å². The van der Waals surface area contributed by atoms with Crippen LogP contribution in [-0.4, -0.2) is 34.9 Å². The highest BCUT2D eigenvalue weighted by atomic mass is 16.5. The quantitative estimate of drug-likeness (QED) is 0.694. The molecule has 2 aromatic carbocycles. The molecule has 0 radical (unpaired) electrons. The second-order valence-electron chi connectivity index (χ2n) is 6.49. The van der Waals surface area contributed by atoms with Gasteiger partial charge >= 0.3 is 0 Å². The molecule has 8 heteroatoms. The van der Waals surface area contributed by atoms with Crippen molar-refractivity contribution in [1.29, 1.82) is 0 Å². The van der Waals surface area contributed by atoms with Gasteiger partial charge < -0.3 is 20.1 Å². The van der Waals surface area contributed by atoms with Crippen molar-refractivity contribution in [3.63, 3.8) is 0 Å². The van der Waals surface area contributed by atoms with Gasteiger partial charge in [-0.25, -0.2) is 4.68 Å². The summed E-state index contributed by atoms with van der Waals surface area (Å²) in [5.74, 6) is 1.54. The number of carbonyl (C=O) groups excluding carboxylic acids is 1. The summed E-state index contributed by atoms with van der Waals surface area (Å²) in [5.41, 5.74) is 2.60. The first kappa shape index (κ1) is 18.5. The first-order chi connectivity index (χ1) is 14.1. The summed E-state index contributed by atoms with van der Waals surface area (Å²) in [6, 6.07) is 14.3. The van der Waals surface area contributed by atoms with Crippen molar-refractivity contribution in [2.45, 2.75) is 13.0 Å². The van der Waals surface area contributed by atoms with E-state index in [0.717, 1.165) is 5.56 Å². The lowest BCUT2D eigenvalue weighted by Gasteiger charge is -2.29. The average molecular weight is 391 g/mol. The highest BCUT2D eigenvalue weighted by Gasteiger charge is 2.35. The Morgan fingerprint density at radius 1 is 1.07 bits per heavy atom. The Kier molecular flexibility index (Phi) is 4.90. The molecule has 1 aliphatic heterocycles. The predicted molar refractivity (Wildman–Crippen MR) is 109 cm³/mol. The number of fused-ring (bicyclic) bond motifs is 1. The van der Waals surface area contributed by atoms with E-state index in [1.54, 1.807) is 31.0 Å². The molecule has 148 valence electrons. The van der Waals surface area contributed by atoms with Gasteiger partial charge in [0.05, 0.1) is 25.5 Å². The average Bonchev–Trinajstić information content (AvgIpc) is 3.21. The van der Waals surface area contributed by atoms with Crippen LogP contribution in [0.1, 0.15) is 18.5 Å². The van der Waals surface area contributed by atoms with Crippen LogP contribution in [0.15, 0.2) is 66.1 Å². The van der Waals surface area contributed by atoms with Gasteiger partial charge in [-0.15, -0.1) is 0 Å². The minimum Gasteiger partial charge on any atom is -0.496 e. The first-order valence-corrected chi connectivity index (χ1v) is 9.08. The second kappa shape index (κ2) is 7.67. The molecule has 1 aliphatic rings. The van der Waals surface area contributed by atoms with E-state index in [4.69, 9.17) is 9.47 Å². The molecule has 0 unspecified atom stereocenters. The second-order valence-corrected chi connectivity index (χ2v) is 6.49. The number of carbonyl (C=O) groups is 1. The third-order valence-corrected chi connectivity index (χ3v) is 4.83. The lowest BCUT2D eigenvalue weighted by Crippen LogP contribution is -2.31. The van der Waals surface area contributed by atoms with Gasteiger partial charge in [-0.1, -0.05) is 30.3 Å². The molecular formula is C21H21N5O3. The summed E-state index contributed by atoms with van der Waals surface area (Å²) >= 11 is 0. The number of amides is 1. The molecule has 1 amide bonds. The van der Waals surface area contributed by atoms with Crippen LogP contribution in [0.25, 0.3) is 0 Å². The number of ether oxygens (including phenoxy) is 2. The summed E-state index contributed by atoms with van der Waals surface area (Å²) in [5, 5.41) is 10.5. The molecule has 3 aromatic rings. The molecule has 0 spiro atoms. The Bertz CT molecular complexity index is 1090. The Morgan fingerprint density at radius 3 is 2.52 bits per heavy atom. The Balaban J connectivity index is 1.80. The number of hydrogen-bond donors (Lipinski definition) is 2. The van der Waals surface area contributed by atoms with Crippen LogP contribution in [0.4, 0.5) is 11.6 Å². The Labute approximate surface area is 168 Å². The van der Waals surface area contributed by atoms with Crippen LogP contribution >= 0.6 is 0 Å². The van der Waals surface area contributed by atoms with Crippen molar-refractivity contribution in [1.82, 2.24) is 14.8 Å². The molecule has 2 heterocycles. The molecule has 0 fully saturated rings. The lowest BCUT2D eigenvalue weighted by molar-refractivity contribution is -0.113. The molecule has 8 nitrogen and oxygen atoms in total. The van der Waals surface area contributed by atoms with Gasteiger partial charge in [-0.2, -0.15) is 10.1 Å². The monoisotopic (exact) mass is 391 g/mol. The van der Waals surface area contributed by atoms with E-state index < -0.39 is 6.04 Å². The van der Waals surface area contributed by atoms with Gasteiger partial charge in [0.2, 0.25) is 5.95 Å². The fourth-order valence-corrected chi connectivity index (χ4v) is 3.50. The number of aromatic nitrogens is 3. The molecule has 0 aliphatic carbocycles. The van der Waals surface area contributed by atoms with Crippen LogP contribution in [-0.2, 0) is 4.79 Å². The maximum Gasteiger partial charge on any atom is 0.255 e. The number of hydrogen-bond acceptors (Lipinski definition) is 6. The van der Waals surface area contributed by atoms with Crippen molar-refractivity contribution in [3.05, 3.63) is 71.7 Å². The van der Waals surface area contributed by atoms with Crippen molar-refractivity contribution in [3.8, 4) is 11.5 Å². The number of para-hydroxylation sites is 3. The molecule has 0 saturated carbocycles. The molecule has 1 atom stereocenters. The largest absolute Gasteiger partial charge is 0.496 e. The zero-order valence-electron chi connectivity index (χ0n) is 16.3. The van der Waals surface area contributed by atoms with Gasteiger partial charge in [-0.05, 0) is 25.1 Å². The topological polar surface area (TPSA) is 90.3 Å². The molecule has 2 N–H and O–H groups in total. The van der Waals surface area contributed by atoms with Crippen LogP contribution in [0.3, 0.4) is 0 Å². The third-order valence-electron chi connectivity index (χ3n) is 4.83. The number of benzene rings is 2. The minimum atomic E-state index is -0.500. The zero-order chi connectivity index (χ0) is 20.4. The lowest BCUT2D eigenvalue weighted by atomic mass is 9.94. The maximum atomic E-state index is 13.4. The molecule has 29 heavy (non-hydrogen) atoms. The number of anilines is 2. The molecule has 0 saturated heterocycles. The molecule has 0 bridgehead atoms. The van der Waals surface area contributed by atoms with Crippen molar-refractivity contribution >= 4 is 17.5 Å². The predicted octanol–water partition coefficient (Wildman–Crippen LogP) is 3.22. The van der Waals surface area contributed by atoms with Crippen molar-refractivity contribution in [2.24, 2.45) is 0 Å². The number of nitrogens with one attached hydrogen (secondary N) is 2. The highest BCUT2D eigenvalue weighted by Crippen LogP contribution is 2.39. The summed E-state index contributed by atoms with van der Waals surface area (Å²) in [6.45, 7) is 1.84. The van der Waals surface area contributed by atoms with Crippen LogP contribution < -0.4 is 20.1 Å². The normalized spacial score (nSPS) is 15.3. The van der Waals surface area contributed by atoms with E-state index in [1.165, 1.54) is 6.33 Å². The van der Waals surface area contributed by atoms with Gasteiger partial charge in [0.25, 0.3) is 5.91 Å². The van der Waals surface area contributed by atoms with Crippen LogP contribution in [0.2, 0.25) is 0 Å². The van der Waals surface area contributed by atoms with E-state index in [2.05, 4.69) is 20.7 Å². The van der Waals surface area contributed by atoms with E-state index in [1.807, 2.05) is 43.3 Å². The molecule has 4 rings (SSSR count). The van der Waals surface area contributed by atoms with Crippen LogP contribution in [0.5, 0.6) is 11.5 Å². The minimum absolute atomic E-state index is 0.267. The zero-order valence-corrected chi connectivity index (χ0v) is 16.3. The van der Waals surface area contributed by atoms with E-state index in [0.29, 0.717) is 34.4 Å². The van der Waals surface area contributed by atoms with E-state index >= 15 is 0 Å². The van der Waals surface area contributed by atoms with Crippen LogP contribution in [0, 0.1) is 0 Å². The molecule has 1 aromatic heterocycles. The van der Waals surface area contributed by atoms with Gasteiger partial charge in [-0.3, -0.25) is 4.79 Å². The fraction of sp³-hybridized carbons (Fsp3) is 0.190. The number of methoxy groups -OCH3 is 2. The van der Waals surface area contributed by atoms with Gasteiger partial charge in [0, 0.05) is 11.3 Å². The smallest absolute Gasteiger partial charge is 0.255 e. The highest BCUT2D eigenvalue weighted by molar-refractivity contribution is 6.06.